The molecule has 8 heteroatoms. The monoisotopic (exact) mass is 741 g/mol. The fourth-order valence-electron chi connectivity index (χ4n) is 5.66. The molecule has 0 aliphatic heterocycles. The number of unbranched alkanes of at least 4 members (excludes halogenated alkanes) is 1. The van der Waals surface area contributed by atoms with Crippen molar-refractivity contribution in [1.29, 1.82) is 0 Å². The Labute approximate surface area is 324 Å². The van der Waals surface area contributed by atoms with Gasteiger partial charge < -0.3 is 19.6 Å². The van der Waals surface area contributed by atoms with Gasteiger partial charge in [-0.1, -0.05) is 70.2 Å². The first-order chi connectivity index (χ1) is 25.4. The molecule has 0 saturated carbocycles. The number of allylic oxidation sites excluding steroid dienone is 3. The first-order valence-electron chi connectivity index (χ1n) is 19.1. The number of aliphatic imine (C=N–C) groups is 1. The van der Waals surface area contributed by atoms with Gasteiger partial charge in [0.25, 0.3) is 0 Å². The van der Waals surface area contributed by atoms with Gasteiger partial charge in [-0.2, -0.15) is 4.57 Å². The molecular formula is C44H65N6S2+. The molecule has 0 aliphatic carbocycles. The third-order valence-corrected chi connectivity index (χ3v) is 11.4. The number of benzene rings is 2. The quantitative estimate of drug-likeness (QED) is 0.0268. The van der Waals surface area contributed by atoms with Crippen LogP contribution in [-0.2, 0) is 6.54 Å². The van der Waals surface area contributed by atoms with E-state index in [9.17, 15) is 0 Å². The van der Waals surface area contributed by atoms with Gasteiger partial charge in [0, 0.05) is 87.9 Å². The molecule has 0 aliphatic rings. The van der Waals surface area contributed by atoms with Crippen LogP contribution >= 0.6 is 21.6 Å². The van der Waals surface area contributed by atoms with Crippen LogP contribution in [0.1, 0.15) is 56.4 Å². The van der Waals surface area contributed by atoms with Crippen LogP contribution in [-0.4, -0.2) is 102 Å². The lowest BCUT2D eigenvalue weighted by Gasteiger charge is -2.22. The summed E-state index contributed by atoms with van der Waals surface area (Å²) in [6, 6.07) is 24.1. The molecule has 52 heavy (non-hydrogen) atoms. The summed E-state index contributed by atoms with van der Waals surface area (Å²) in [5.74, 6) is 2.34. The van der Waals surface area contributed by atoms with Crippen LogP contribution in [0.25, 0.3) is 18.2 Å². The largest absolute Gasteiger partial charge is 0.375 e. The first-order valence-corrected chi connectivity index (χ1v) is 21.6. The fourth-order valence-corrected chi connectivity index (χ4v) is 7.83. The summed E-state index contributed by atoms with van der Waals surface area (Å²) in [6.07, 6.45) is 21.5. The van der Waals surface area contributed by atoms with E-state index in [4.69, 9.17) is 0 Å². The number of anilines is 2. The van der Waals surface area contributed by atoms with Crippen molar-refractivity contribution in [3.63, 3.8) is 0 Å². The lowest BCUT2D eigenvalue weighted by molar-refractivity contribution is -0.695. The Morgan fingerprint density at radius 2 is 1.19 bits per heavy atom. The molecule has 0 bridgehead atoms. The van der Waals surface area contributed by atoms with Crippen molar-refractivity contribution in [3.05, 3.63) is 108 Å². The normalized spacial score (nSPS) is 12.2. The number of rotatable bonds is 26. The van der Waals surface area contributed by atoms with Crippen LogP contribution < -0.4 is 14.4 Å². The minimum Gasteiger partial charge on any atom is -0.375 e. The van der Waals surface area contributed by atoms with E-state index in [-0.39, 0.29) is 0 Å². The van der Waals surface area contributed by atoms with Crippen molar-refractivity contribution in [3.8, 4) is 0 Å². The second-order valence-corrected chi connectivity index (χ2v) is 16.0. The van der Waals surface area contributed by atoms with Crippen molar-refractivity contribution < 1.29 is 4.57 Å². The maximum absolute atomic E-state index is 4.25. The molecule has 0 spiro atoms. The highest BCUT2D eigenvalue weighted by Gasteiger charge is 2.06. The number of nitrogens with zero attached hydrogens (tertiary/aromatic N) is 6. The molecular weight excluding hydrogens is 677 g/mol. The standard InChI is InChI=1S/C44H65N6S2/c1-7-45-30-14-11-9-10-12-18-40-20-25-42(26-21-40)48(5)33-16-31-46(3)36-38-51-52-39-37-47(4)32-17-34-49(6)43-27-22-41(23-28-43)24-29-44-19-13-15-35-50(44)8-2/h9-10,12-13,15,18-30,35H,7-8,11,14,16-17,31-34,36-39H2,1-6H3/q+1/b10-9+,18-12+,45-30?. The van der Waals surface area contributed by atoms with Crippen LogP contribution in [0.2, 0.25) is 0 Å². The maximum Gasteiger partial charge on any atom is 0.205 e. The average Bonchev–Trinajstić information content (AvgIpc) is 3.16. The summed E-state index contributed by atoms with van der Waals surface area (Å²) in [6.45, 7) is 12.7. The predicted molar refractivity (Wildman–Crippen MR) is 236 cm³/mol. The molecule has 0 fully saturated rings. The second kappa shape index (κ2) is 26.5. The van der Waals surface area contributed by atoms with Gasteiger partial charge in [0.15, 0.2) is 6.20 Å². The third kappa shape index (κ3) is 18.0. The lowest BCUT2D eigenvalue weighted by atomic mass is 10.1. The Bertz CT molecular complexity index is 1490. The van der Waals surface area contributed by atoms with Crippen LogP contribution in [0.5, 0.6) is 0 Å². The van der Waals surface area contributed by atoms with E-state index in [1.807, 2.05) is 27.8 Å². The van der Waals surface area contributed by atoms with Gasteiger partial charge >= 0.3 is 0 Å². The van der Waals surface area contributed by atoms with Crippen molar-refractivity contribution in [2.24, 2.45) is 4.99 Å². The third-order valence-electron chi connectivity index (χ3n) is 9.00. The maximum atomic E-state index is 4.25. The molecule has 0 N–H and O–H groups in total. The first kappa shape index (κ1) is 43.1. The number of hydrogen-bond acceptors (Lipinski definition) is 7. The Balaban J connectivity index is 1.19. The molecule has 0 amide bonds. The molecule has 0 atom stereocenters. The Morgan fingerprint density at radius 1 is 0.615 bits per heavy atom. The van der Waals surface area contributed by atoms with Gasteiger partial charge in [-0.15, -0.1) is 0 Å². The lowest BCUT2D eigenvalue weighted by Crippen LogP contribution is -2.34. The van der Waals surface area contributed by atoms with Crippen LogP contribution in [0.3, 0.4) is 0 Å². The molecule has 6 nitrogen and oxygen atoms in total. The van der Waals surface area contributed by atoms with Crippen molar-refractivity contribution >= 4 is 57.4 Å². The van der Waals surface area contributed by atoms with E-state index < -0.39 is 0 Å². The average molecular weight is 742 g/mol. The zero-order valence-electron chi connectivity index (χ0n) is 32.9. The van der Waals surface area contributed by atoms with Crippen LogP contribution in [0, 0.1) is 0 Å². The van der Waals surface area contributed by atoms with Gasteiger partial charge in [-0.05, 0) is 120 Å². The Morgan fingerprint density at radius 3 is 1.75 bits per heavy atom. The summed E-state index contributed by atoms with van der Waals surface area (Å²) in [4.78, 5) is 13.9. The van der Waals surface area contributed by atoms with Crippen molar-refractivity contribution in [2.75, 3.05) is 95.3 Å². The van der Waals surface area contributed by atoms with Gasteiger partial charge in [0.2, 0.25) is 5.69 Å². The van der Waals surface area contributed by atoms with Gasteiger partial charge in [0.1, 0.15) is 6.54 Å². The minimum absolute atomic E-state index is 0.871. The highest BCUT2D eigenvalue weighted by Crippen LogP contribution is 2.21. The molecule has 0 saturated heterocycles. The van der Waals surface area contributed by atoms with Gasteiger partial charge in [-0.25, -0.2) is 0 Å². The van der Waals surface area contributed by atoms with E-state index in [2.05, 4.69) is 181 Å². The van der Waals surface area contributed by atoms with Crippen molar-refractivity contribution in [2.45, 2.75) is 46.1 Å². The van der Waals surface area contributed by atoms with E-state index in [0.29, 0.717) is 0 Å². The molecule has 2 aromatic carbocycles. The molecule has 1 aromatic heterocycles. The van der Waals surface area contributed by atoms with Crippen LogP contribution in [0.15, 0.2) is 96.1 Å². The number of hydrogen-bond donors (Lipinski definition) is 0. The molecule has 0 unspecified atom stereocenters. The molecule has 0 radical (unpaired) electrons. The van der Waals surface area contributed by atoms with E-state index in [1.54, 1.807) is 0 Å². The number of aryl methyl sites for hydroxylation is 1. The highest BCUT2D eigenvalue weighted by molar-refractivity contribution is 8.76. The zero-order valence-corrected chi connectivity index (χ0v) is 34.5. The Hall–Kier alpha value is -3.30. The smallest absolute Gasteiger partial charge is 0.205 e. The van der Waals surface area contributed by atoms with E-state index in [0.717, 1.165) is 78.0 Å². The summed E-state index contributed by atoms with van der Waals surface area (Å²) < 4.78 is 2.25. The second-order valence-electron chi connectivity index (χ2n) is 13.3. The minimum atomic E-state index is 0.871. The fraction of sp³-hybridized carbons (Fsp3) is 0.455. The zero-order chi connectivity index (χ0) is 37.2. The van der Waals surface area contributed by atoms with E-state index in [1.165, 1.54) is 39.7 Å². The highest BCUT2D eigenvalue weighted by atomic mass is 33.1. The SMILES string of the molecule is CCN=CCC/C=C/C=C/c1ccc(N(C)CCCN(C)CCSSCCN(C)CCCN(C)c2ccc(/C=C/c3cccc[n+]3CC)cc2)cc1. The van der Waals surface area contributed by atoms with Crippen molar-refractivity contribution in [1.82, 2.24) is 9.80 Å². The number of aromatic nitrogens is 1. The molecule has 1 heterocycles. The summed E-state index contributed by atoms with van der Waals surface area (Å²) in [5.41, 5.74) is 6.23. The molecule has 3 aromatic rings. The number of pyridine rings is 1. The van der Waals surface area contributed by atoms with Gasteiger partial charge in [-0.3, -0.25) is 4.99 Å². The summed E-state index contributed by atoms with van der Waals surface area (Å²) >= 11 is 0. The van der Waals surface area contributed by atoms with Crippen LogP contribution in [0.4, 0.5) is 11.4 Å². The van der Waals surface area contributed by atoms with E-state index >= 15 is 0 Å². The molecule has 282 valence electrons. The topological polar surface area (TPSA) is 29.2 Å². The summed E-state index contributed by atoms with van der Waals surface area (Å²) in [7, 11) is 12.9. The summed E-state index contributed by atoms with van der Waals surface area (Å²) in [5, 5.41) is 0. The molecule has 3 rings (SSSR count). The van der Waals surface area contributed by atoms with Gasteiger partial charge in [0.05, 0.1) is 0 Å². The predicted octanol–water partition coefficient (Wildman–Crippen LogP) is 9.20. The Kier molecular flexibility index (Phi) is 21.9.